The Labute approximate surface area is 105 Å². The zero-order valence-electron chi connectivity index (χ0n) is 9.99. The number of aliphatic hydroxyl groups is 1. The Morgan fingerprint density at radius 2 is 2.00 bits per heavy atom. The van der Waals surface area contributed by atoms with Crippen molar-refractivity contribution in [3.05, 3.63) is 48.0 Å². The molecular weight excluding hydrogens is 235 g/mol. The molecule has 4 heteroatoms. The predicted molar refractivity (Wildman–Crippen MR) is 64.5 cm³/mol. The van der Waals surface area contributed by atoms with E-state index in [1.54, 1.807) is 43.3 Å². The Bertz CT molecular complexity index is 444. The van der Waals surface area contributed by atoms with Crippen LogP contribution in [0.1, 0.15) is 18.7 Å². The van der Waals surface area contributed by atoms with Crippen LogP contribution < -0.4 is 0 Å². The van der Waals surface area contributed by atoms with Gasteiger partial charge in [0, 0.05) is 12.0 Å². The van der Waals surface area contributed by atoms with Crippen LogP contribution in [-0.2, 0) is 9.53 Å². The maximum absolute atomic E-state index is 14.1. The Morgan fingerprint density at radius 1 is 1.33 bits per heavy atom. The molecule has 1 aromatic carbocycles. The number of rotatable bonds is 3. The third-order valence-corrected chi connectivity index (χ3v) is 3.06. The van der Waals surface area contributed by atoms with Crippen LogP contribution in [0.15, 0.2) is 42.5 Å². The van der Waals surface area contributed by atoms with Gasteiger partial charge in [0.25, 0.3) is 0 Å². The van der Waals surface area contributed by atoms with Crippen LogP contribution in [0.5, 0.6) is 0 Å². The fraction of sp³-hybridized carbons (Fsp3) is 0.357. The molecule has 0 bridgehead atoms. The Hall–Kier alpha value is -1.68. The number of aliphatic hydroxyl groups excluding tert-OH is 1. The minimum absolute atomic E-state index is 0.209. The molecule has 0 aromatic heterocycles. The number of carbonyl (C=O) groups excluding carboxylic acids is 1. The number of cyclic esters (lactones) is 1. The molecule has 4 atom stereocenters. The Balaban J connectivity index is 2.14. The molecule has 18 heavy (non-hydrogen) atoms. The maximum Gasteiger partial charge on any atom is 0.330 e. The lowest BCUT2D eigenvalue weighted by atomic mass is 9.92. The van der Waals surface area contributed by atoms with E-state index in [0.29, 0.717) is 5.56 Å². The van der Waals surface area contributed by atoms with E-state index < -0.39 is 24.3 Å². The summed E-state index contributed by atoms with van der Waals surface area (Å²) in [6.45, 7) is 1.77. The van der Waals surface area contributed by atoms with E-state index in [-0.39, 0.29) is 5.92 Å². The highest BCUT2D eigenvalue weighted by Crippen LogP contribution is 2.29. The SMILES string of the molecule is CC1C=CC(=O)OC1C(O)C(F)c1ccccc1. The van der Waals surface area contributed by atoms with Gasteiger partial charge in [-0.15, -0.1) is 0 Å². The highest BCUT2D eigenvalue weighted by Gasteiger charge is 2.36. The molecule has 1 aliphatic heterocycles. The largest absolute Gasteiger partial charge is 0.456 e. The van der Waals surface area contributed by atoms with E-state index in [1.165, 1.54) is 6.08 Å². The zero-order chi connectivity index (χ0) is 13.1. The van der Waals surface area contributed by atoms with Crippen molar-refractivity contribution in [1.82, 2.24) is 0 Å². The number of carbonyl (C=O) groups is 1. The van der Waals surface area contributed by atoms with E-state index in [1.807, 2.05) is 0 Å². The molecule has 0 amide bonds. The lowest BCUT2D eigenvalue weighted by molar-refractivity contribution is -0.157. The third-order valence-electron chi connectivity index (χ3n) is 3.06. The second-order valence-electron chi connectivity index (χ2n) is 4.42. The molecule has 4 unspecified atom stereocenters. The highest BCUT2D eigenvalue weighted by molar-refractivity contribution is 5.83. The van der Waals surface area contributed by atoms with Crippen LogP contribution in [0.4, 0.5) is 4.39 Å². The van der Waals surface area contributed by atoms with Gasteiger partial charge in [0.15, 0.2) is 6.17 Å². The summed E-state index contributed by atoms with van der Waals surface area (Å²) in [5.41, 5.74) is 0.378. The van der Waals surface area contributed by atoms with Crippen LogP contribution in [0, 0.1) is 5.92 Å². The highest BCUT2D eigenvalue weighted by atomic mass is 19.1. The predicted octanol–water partition coefficient (Wildman–Crippen LogP) is 2.18. The van der Waals surface area contributed by atoms with E-state index >= 15 is 0 Å². The standard InChI is InChI=1S/C14H15FO3/c1-9-7-8-11(16)18-14(9)13(17)12(15)10-5-3-2-4-6-10/h2-9,12-14,17H,1H3. The van der Waals surface area contributed by atoms with Crippen molar-refractivity contribution in [3.63, 3.8) is 0 Å². The number of ether oxygens (including phenoxy) is 1. The van der Waals surface area contributed by atoms with Crippen molar-refractivity contribution < 1.29 is 19.0 Å². The van der Waals surface area contributed by atoms with Gasteiger partial charge in [-0.25, -0.2) is 9.18 Å². The van der Waals surface area contributed by atoms with Crippen molar-refractivity contribution in [3.8, 4) is 0 Å². The van der Waals surface area contributed by atoms with Crippen LogP contribution >= 0.6 is 0 Å². The van der Waals surface area contributed by atoms with Crippen molar-refractivity contribution >= 4 is 5.97 Å². The molecule has 1 heterocycles. The first-order valence-corrected chi connectivity index (χ1v) is 5.85. The summed E-state index contributed by atoms with van der Waals surface area (Å²) in [5, 5.41) is 10.00. The second kappa shape index (κ2) is 5.31. The fourth-order valence-corrected chi connectivity index (χ4v) is 2.00. The maximum atomic E-state index is 14.1. The number of hydrogen-bond donors (Lipinski definition) is 1. The van der Waals surface area contributed by atoms with Gasteiger partial charge in [-0.3, -0.25) is 0 Å². The van der Waals surface area contributed by atoms with Crippen molar-refractivity contribution in [2.75, 3.05) is 0 Å². The average Bonchev–Trinajstić information content (AvgIpc) is 2.41. The van der Waals surface area contributed by atoms with Crippen LogP contribution in [-0.4, -0.2) is 23.3 Å². The van der Waals surface area contributed by atoms with E-state index in [4.69, 9.17) is 4.74 Å². The normalized spacial score (nSPS) is 26.5. The Morgan fingerprint density at radius 3 is 2.67 bits per heavy atom. The molecule has 0 saturated heterocycles. The van der Waals surface area contributed by atoms with Gasteiger partial charge in [0.05, 0.1) is 0 Å². The molecular formula is C14H15FO3. The third kappa shape index (κ3) is 2.59. The molecule has 2 rings (SSSR count). The number of esters is 1. The van der Waals surface area contributed by atoms with Crippen molar-refractivity contribution in [2.24, 2.45) is 5.92 Å². The van der Waals surface area contributed by atoms with E-state index in [9.17, 15) is 14.3 Å². The van der Waals surface area contributed by atoms with Crippen LogP contribution in [0.3, 0.4) is 0 Å². The summed E-state index contributed by atoms with van der Waals surface area (Å²) in [7, 11) is 0. The Kier molecular flexibility index (Phi) is 3.77. The molecule has 96 valence electrons. The van der Waals surface area contributed by atoms with Gasteiger partial charge in [-0.1, -0.05) is 43.3 Å². The number of benzene rings is 1. The smallest absolute Gasteiger partial charge is 0.330 e. The number of halogens is 1. The van der Waals surface area contributed by atoms with Crippen LogP contribution in [0.25, 0.3) is 0 Å². The van der Waals surface area contributed by atoms with Gasteiger partial charge in [-0.2, -0.15) is 0 Å². The summed E-state index contributed by atoms with van der Waals surface area (Å²) in [5.74, 6) is -0.753. The van der Waals surface area contributed by atoms with Gasteiger partial charge < -0.3 is 9.84 Å². The molecule has 1 N–H and O–H groups in total. The van der Waals surface area contributed by atoms with Gasteiger partial charge in [0.1, 0.15) is 12.2 Å². The molecule has 0 aliphatic carbocycles. The quantitative estimate of drug-likeness (QED) is 0.836. The summed E-state index contributed by atoms with van der Waals surface area (Å²) in [6, 6.07) is 8.36. The first-order chi connectivity index (χ1) is 8.59. The molecule has 3 nitrogen and oxygen atoms in total. The molecule has 0 fully saturated rings. The summed E-state index contributed by atoms with van der Waals surface area (Å²) in [4.78, 5) is 11.1. The topological polar surface area (TPSA) is 46.5 Å². The van der Waals surface area contributed by atoms with Crippen molar-refractivity contribution in [1.29, 1.82) is 0 Å². The lowest BCUT2D eigenvalue weighted by Crippen LogP contribution is -2.40. The summed E-state index contributed by atoms with van der Waals surface area (Å²) in [6.07, 6.45) is -0.867. The lowest BCUT2D eigenvalue weighted by Gasteiger charge is -2.30. The van der Waals surface area contributed by atoms with Crippen molar-refractivity contribution in [2.45, 2.75) is 25.3 Å². The summed E-state index contributed by atoms with van der Waals surface area (Å²) < 4.78 is 19.1. The zero-order valence-corrected chi connectivity index (χ0v) is 9.99. The molecule has 0 saturated carbocycles. The first kappa shape index (κ1) is 12.8. The van der Waals surface area contributed by atoms with Gasteiger partial charge in [0.2, 0.25) is 0 Å². The molecule has 0 radical (unpaired) electrons. The first-order valence-electron chi connectivity index (χ1n) is 5.85. The summed E-state index contributed by atoms with van der Waals surface area (Å²) >= 11 is 0. The minimum atomic E-state index is -1.57. The van der Waals surface area contributed by atoms with Crippen LogP contribution in [0.2, 0.25) is 0 Å². The monoisotopic (exact) mass is 250 g/mol. The average molecular weight is 250 g/mol. The van der Waals surface area contributed by atoms with E-state index in [2.05, 4.69) is 0 Å². The number of hydrogen-bond acceptors (Lipinski definition) is 3. The number of alkyl halides is 1. The van der Waals surface area contributed by atoms with Gasteiger partial charge in [-0.05, 0) is 5.56 Å². The van der Waals surface area contributed by atoms with E-state index in [0.717, 1.165) is 0 Å². The molecule has 0 spiro atoms. The molecule has 1 aromatic rings. The molecule has 1 aliphatic rings. The van der Waals surface area contributed by atoms with Gasteiger partial charge >= 0.3 is 5.97 Å². The fourth-order valence-electron chi connectivity index (χ4n) is 2.00. The second-order valence-corrected chi connectivity index (χ2v) is 4.42. The minimum Gasteiger partial charge on any atom is -0.456 e.